The molecule has 2 fully saturated rings. The summed E-state index contributed by atoms with van der Waals surface area (Å²) in [7, 11) is 0. The van der Waals surface area contributed by atoms with Gasteiger partial charge in [0.05, 0.1) is 12.3 Å². The molecule has 1 aromatic rings. The molecule has 6 heteroatoms. The molecule has 1 aromatic heterocycles. The molecule has 20 heavy (non-hydrogen) atoms. The summed E-state index contributed by atoms with van der Waals surface area (Å²) in [5.74, 6) is -0.167. The minimum absolute atomic E-state index is 0.129. The lowest BCUT2D eigenvalue weighted by molar-refractivity contribution is -0.00557. The first-order chi connectivity index (χ1) is 9.61. The highest BCUT2D eigenvalue weighted by Gasteiger charge is 2.45. The highest BCUT2D eigenvalue weighted by atomic mass is 16.3. The van der Waals surface area contributed by atoms with E-state index < -0.39 is 0 Å². The Balaban J connectivity index is 1.78. The van der Waals surface area contributed by atoms with Gasteiger partial charge in [0.25, 0.3) is 11.5 Å². The van der Waals surface area contributed by atoms with Gasteiger partial charge in [-0.1, -0.05) is 6.42 Å². The maximum atomic E-state index is 12.4. The van der Waals surface area contributed by atoms with Crippen molar-refractivity contribution in [1.29, 1.82) is 0 Å². The number of aliphatic hydroxyl groups is 1. The van der Waals surface area contributed by atoms with Gasteiger partial charge in [-0.2, -0.15) is 0 Å². The predicted octanol–water partition coefficient (Wildman–Crippen LogP) is 0.537. The van der Waals surface area contributed by atoms with Crippen LogP contribution in [0.5, 0.6) is 0 Å². The number of aromatic nitrogens is 2. The van der Waals surface area contributed by atoms with Crippen LogP contribution in [0.2, 0.25) is 0 Å². The number of aromatic amines is 1. The summed E-state index contributed by atoms with van der Waals surface area (Å²) >= 11 is 0. The fraction of sp³-hybridized carbons (Fsp3) is 0.643. The van der Waals surface area contributed by atoms with E-state index in [4.69, 9.17) is 0 Å². The number of likely N-dealkylation sites (tertiary alicyclic amines) is 1. The van der Waals surface area contributed by atoms with Crippen LogP contribution in [-0.4, -0.2) is 45.1 Å². The van der Waals surface area contributed by atoms with E-state index in [2.05, 4.69) is 9.97 Å². The Bertz CT molecular complexity index is 551. The Hall–Kier alpha value is -1.69. The molecule has 0 radical (unpaired) electrons. The van der Waals surface area contributed by atoms with Crippen molar-refractivity contribution in [2.75, 3.05) is 13.1 Å². The lowest BCUT2D eigenvalue weighted by Crippen LogP contribution is -2.49. The molecule has 2 atom stereocenters. The molecule has 1 aliphatic heterocycles. The van der Waals surface area contributed by atoms with Gasteiger partial charge >= 0.3 is 0 Å². The number of aliphatic hydroxyl groups excluding tert-OH is 1. The molecule has 108 valence electrons. The maximum Gasteiger partial charge on any atom is 0.273 e. The average molecular weight is 277 g/mol. The first kappa shape index (κ1) is 13.3. The van der Waals surface area contributed by atoms with E-state index in [-0.39, 0.29) is 28.7 Å². The van der Waals surface area contributed by atoms with E-state index in [1.54, 1.807) is 4.90 Å². The maximum absolute atomic E-state index is 12.4. The smallest absolute Gasteiger partial charge is 0.273 e. The van der Waals surface area contributed by atoms with Crippen molar-refractivity contribution in [3.05, 3.63) is 28.4 Å². The summed E-state index contributed by atoms with van der Waals surface area (Å²) in [6, 6.07) is 0. The molecule has 0 bridgehead atoms. The van der Waals surface area contributed by atoms with Gasteiger partial charge in [-0.05, 0) is 25.7 Å². The van der Waals surface area contributed by atoms with Gasteiger partial charge in [0.2, 0.25) is 0 Å². The Morgan fingerprint density at radius 1 is 1.45 bits per heavy atom. The zero-order valence-corrected chi connectivity index (χ0v) is 11.3. The molecule has 1 saturated heterocycles. The van der Waals surface area contributed by atoms with Crippen LogP contribution in [0, 0.1) is 5.41 Å². The quantitative estimate of drug-likeness (QED) is 0.784. The monoisotopic (exact) mass is 277 g/mol. The van der Waals surface area contributed by atoms with Crippen LogP contribution in [-0.2, 0) is 0 Å². The van der Waals surface area contributed by atoms with Gasteiger partial charge in [0.15, 0.2) is 0 Å². The van der Waals surface area contributed by atoms with Crippen molar-refractivity contribution in [3.63, 3.8) is 0 Å². The number of carbonyl (C=O) groups excluding carboxylic acids is 1. The molecule has 2 N–H and O–H groups in total. The zero-order chi connectivity index (χ0) is 14.2. The number of nitrogens with one attached hydrogen (secondary N) is 1. The summed E-state index contributed by atoms with van der Waals surface area (Å²) in [5.41, 5.74) is -0.187. The third-order valence-corrected chi connectivity index (χ3v) is 4.65. The second kappa shape index (κ2) is 5.01. The van der Waals surface area contributed by atoms with Gasteiger partial charge in [0.1, 0.15) is 5.69 Å². The van der Waals surface area contributed by atoms with Gasteiger partial charge < -0.3 is 15.0 Å². The van der Waals surface area contributed by atoms with Gasteiger partial charge in [-0.15, -0.1) is 0 Å². The largest absolute Gasteiger partial charge is 0.392 e. The normalized spacial score (nSPS) is 29.9. The van der Waals surface area contributed by atoms with Crippen molar-refractivity contribution in [1.82, 2.24) is 14.9 Å². The number of hydrogen-bond donors (Lipinski definition) is 2. The van der Waals surface area contributed by atoms with E-state index in [1.165, 1.54) is 6.20 Å². The number of piperidine rings is 1. The molecule has 1 aliphatic carbocycles. The Labute approximate surface area is 116 Å². The molecule has 6 nitrogen and oxygen atoms in total. The molecule has 2 heterocycles. The fourth-order valence-corrected chi connectivity index (χ4v) is 3.55. The SMILES string of the molecule is O=C(c1c[nH]c(=O)cn1)N1CCC[C@]2(CCC[C@H]2O)C1. The Morgan fingerprint density at radius 2 is 2.25 bits per heavy atom. The summed E-state index contributed by atoms with van der Waals surface area (Å²) in [5, 5.41) is 10.2. The van der Waals surface area contributed by atoms with Crippen molar-refractivity contribution >= 4 is 5.91 Å². The van der Waals surface area contributed by atoms with Crippen LogP contribution in [0.25, 0.3) is 0 Å². The van der Waals surface area contributed by atoms with Crippen LogP contribution < -0.4 is 5.56 Å². The van der Waals surface area contributed by atoms with Gasteiger partial charge in [0, 0.05) is 24.7 Å². The van der Waals surface area contributed by atoms with E-state index in [0.29, 0.717) is 13.1 Å². The van der Waals surface area contributed by atoms with Gasteiger partial charge in [-0.25, -0.2) is 4.98 Å². The van der Waals surface area contributed by atoms with E-state index >= 15 is 0 Å². The second-order valence-corrected chi connectivity index (χ2v) is 5.90. The lowest BCUT2D eigenvalue weighted by atomic mass is 9.76. The van der Waals surface area contributed by atoms with E-state index in [9.17, 15) is 14.7 Å². The average Bonchev–Trinajstić information content (AvgIpc) is 2.80. The van der Waals surface area contributed by atoms with Crippen LogP contribution in [0.3, 0.4) is 0 Å². The molecule has 1 saturated carbocycles. The van der Waals surface area contributed by atoms with Crippen molar-refractivity contribution in [3.8, 4) is 0 Å². The standard InChI is InChI=1S/C14H19N3O3/c18-11-3-1-4-14(11)5-2-6-17(9-14)13(20)10-7-16-12(19)8-15-10/h7-8,11,18H,1-6,9H2,(H,16,19)/t11-,14-/m1/s1. The Morgan fingerprint density at radius 3 is 2.90 bits per heavy atom. The Kier molecular flexibility index (Phi) is 3.33. The molecule has 2 aliphatic rings. The van der Waals surface area contributed by atoms with Crippen LogP contribution in [0.4, 0.5) is 0 Å². The van der Waals surface area contributed by atoms with Crippen molar-refractivity contribution in [2.24, 2.45) is 5.41 Å². The molecular weight excluding hydrogens is 258 g/mol. The highest BCUT2D eigenvalue weighted by Crippen LogP contribution is 2.45. The zero-order valence-electron chi connectivity index (χ0n) is 11.3. The molecular formula is C14H19N3O3. The first-order valence-electron chi connectivity index (χ1n) is 7.13. The van der Waals surface area contributed by atoms with Crippen LogP contribution >= 0.6 is 0 Å². The minimum atomic E-state index is -0.317. The molecule has 1 amide bonds. The third-order valence-electron chi connectivity index (χ3n) is 4.65. The number of carbonyl (C=O) groups is 1. The molecule has 1 spiro atoms. The lowest BCUT2D eigenvalue weighted by Gasteiger charge is -2.42. The predicted molar refractivity (Wildman–Crippen MR) is 72.3 cm³/mol. The fourth-order valence-electron chi connectivity index (χ4n) is 3.55. The summed E-state index contributed by atoms with van der Waals surface area (Å²) in [4.78, 5) is 31.5. The van der Waals surface area contributed by atoms with Crippen LogP contribution in [0.1, 0.15) is 42.6 Å². The number of nitrogens with zero attached hydrogens (tertiary/aromatic N) is 2. The minimum Gasteiger partial charge on any atom is -0.392 e. The topological polar surface area (TPSA) is 86.3 Å². The second-order valence-electron chi connectivity index (χ2n) is 5.90. The first-order valence-corrected chi connectivity index (χ1v) is 7.13. The number of amides is 1. The molecule has 0 unspecified atom stereocenters. The molecule has 3 rings (SSSR count). The van der Waals surface area contributed by atoms with E-state index in [1.807, 2.05) is 0 Å². The summed E-state index contributed by atoms with van der Waals surface area (Å²) < 4.78 is 0. The van der Waals surface area contributed by atoms with Crippen molar-refractivity contribution in [2.45, 2.75) is 38.2 Å². The van der Waals surface area contributed by atoms with E-state index in [0.717, 1.165) is 38.3 Å². The van der Waals surface area contributed by atoms with Gasteiger partial charge in [-0.3, -0.25) is 9.59 Å². The molecule has 0 aromatic carbocycles. The number of rotatable bonds is 1. The third kappa shape index (κ3) is 2.24. The highest BCUT2D eigenvalue weighted by molar-refractivity contribution is 5.92. The number of H-pyrrole nitrogens is 1. The number of hydrogen-bond acceptors (Lipinski definition) is 4. The van der Waals surface area contributed by atoms with Crippen LogP contribution in [0.15, 0.2) is 17.2 Å². The summed E-state index contributed by atoms with van der Waals surface area (Å²) in [6.45, 7) is 1.28. The van der Waals surface area contributed by atoms with Crippen molar-refractivity contribution < 1.29 is 9.90 Å². The summed E-state index contributed by atoms with van der Waals surface area (Å²) in [6.07, 6.45) is 6.91.